The van der Waals surface area contributed by atoms with Crippen LogP contribution in [0.25, 0.3) is 0 Å². The maximum Gasteiger partial charge on any atom is 0.314 e. The molecule has 4 aromatic carbocycles. The molecule has 78 heavy (non-hydrogen) atoms. The summed E-state index contributed by atoms with van der Waals surface area (Å²) in [5.41, 5.74) is 6.84. The highest BCUT2D eigenvalue weighted by atomic mass is 35.5. The number of sulfone groups is 1. The summed E-state index contributed by atoms with van der Waals surface area (Å²) in [4.78, 5) is 29.1. The number of ketones is 1. The van der Waals surface area contributed by atoms with Gasteiger partial charge in [-0.3, -0.25) is 4.79 Å². The van der Waals surface area contributed by atoms with E-state index in [0.29, 0.717) is 100.0 Å². The van der Waals surface area contributed by atoms with Crippen molar-refractivity contribution in [2.75, 3.05) is 106 Å². The van der Waals surface area contributed by atoms with Gasteiger partial charge >= 0.3 is 6.03 Å². The second kappa shape index (κ2) is 31.0. The fraction of sp³-hybridized carbons (Fsp3) is 0.544. The van der Waals surface area contributed by atoms with Crippen molar-refractivity contribution in [3.63, 3.8) is 0 Å². The molecule has 2 amide bonds. The predicted molar refractivity (Wildman–Crippen MR) is 304 cm³/mol. The summed E-state index contributed by atoms with van der Waals surface area (Å²) < 4.78 is 89.5. The van der Waals surface area contributed by atoms with Crippen LogP contribution in [0.3, 0.4) is 0 Å². The van der Waals surface area contributed by atoms with E-state index in [9.17, 15) is 26.4 Å². The van der Waals surface area contributed by atoms with Gasteiger partial charge in [-0.2, -0.15) is 0 Å². The Morgan fingerprint density at radius 3 is 1.54 bits per heavy atom. The standard InChI is InChI=1S/C57H79Cl2N5O12S2/c1-40-34-42(58)36-51-49(40)38-53(63(3)4)55(51)75-45-14-18-47(19-15-45)77(67,68)33-11-26-72-30-31-73-27-23-61-57(66)60-22-9-7-8-12-44(65)13-10-25-71-29-32-74-28-24-62-78(69,70)48-20-16-46(17-21-48)76-56-52-37-43(59)35-41(2)50(52)39-54(56)64(5)6/h14-21,34-37,53-56,62H,7-13,22-33,38-39H2,1-6H3,(H2,60,61,66)/t53-,54-,55-,56-/m0/s1. The molecule has 430 valence electrons. The lowest BCUT2D eigenvalue weighted by Gasteiger charge is -2.27. The minimum absolute atomic E-state index is 0.0543. The molecule has 0 saturated carbocycles. The predicted octanol–water partition coefficient (Wildman–Crippen LogP) is 8.24. The lowest BCUT2D eigenvalue weighted by atomic mass is 10.0. The Balaban J connectivity index is 0.694. The average molecular weight is 1160 g/mol. The third-order valence-corrected chi connectivity index (χ3v) is 17.7. The first-order valence-corrected chi connectivity index (χ1v) is 30.7. The van der Waals surface area contributed by atoms with Crippen molar-refractivity contribution < 1.29 is 54.8 Å². The van der Waals surface area contributed by atoms with Gasteiger partial charge < -0.3 is 48.9 Å². The number of carbonyl (C=O) groups excluding carboxylic acids is 2. The summed E-state index contributed by atoms with van der Waals surface area (Å²) in [6.07, 6.45) is 5.34. The first-order valence-electron chi connectivity index (χ1n) is 26.8. The molecule has 0 spiro atoms. The van der Waals surface area contributed by atoms with Gasteiger partial charge in [0.2, 0.25) is 10.0 Å². The maximum atomic E-state index is 13.0. The smallest absolute Gasteiger partial charge is 0.314 e. The first kappa shape index (κ1) is 62.8. The average Bonchev–Trinajstić information content (AvgIpc) is 4.13. The zero-order valence-corrected chi connectivity index (χ0v) is 49.1. The number of amides is 2. The Kier molecular flexibility index (Phi) is 25.0. The molecule has 3 N–H and O–H groups in total. The number of nitrogens with one attached hydrogen (secondary N) is 3. The Morgan fingerprint density at radius 1 is 0.551 bits per heavy atom. The van der Waals surface area contributed by atoms with Crippen LogP contribution in [0.15, 0.2) is 82.6 Å². The molecule has 2 aliphatic rings. The summed E-state index contributed by atoms with van der Waals surface area (Å²) in [7, 11) is 0.820. The summed E-state index contributed by atoms with van der Waals surface area (Å²) >= 11 is 12.8. The molecule has 4 aromatic rings. The molecule has 0 aromatic heterocycles. The molecule has 0 aliphatic heterocycles. The number of aryl methyl sites for hydroxylation is 2. The van der Waals surface area contributed by atoms with Crippen LogP contribution in [0, 0.1) is 13.8 Å². The Morgan fingerprint density at radius 2 is 1.01 bits per heavy atom. The third kappa shape index (κ3) is 19.1. The zero-order valence-electron chi connectivity index (χ0n) is 46.0. The van der Waals surface area contributed by atoms with Crippen molar-refractivity contribution in [2.45, 2.75) is 106 Å². The van der Waals surface area contributed by atoms with E-state index in [1.54, 1.807) is 36.4 Å². The SMILES string of the molecule is Cc1cc(Cl)cc2c1C[C@H](N(C)C)[C@H]2Oc1ccc(S(=O)(=O)CCCOCCOCCNC(=O)NCCCCCC(=O)CCCOCCOCCNS(=O)(=O)c2ccc(O[C@H]3c4cc(Cl)cc(C)c4C[C@@H]3N(C)C)cc2)cc1. The molecule has 0 heterocycles. The number of hydrogen-bond donors (Lipinski definition) is 3. The molecule has 4 atom stereocenters. The molecular weight excluding hydrogens is 1080 g/mol. The quantitative estimate of drug-likeness (QED) is 0.0372. The van der Waals surface area contributed by atoms with Gasteiger partial charge in [-0.25, -0.2) is 26.4 Å². The van der Waals surface area contributed by atoms with E-state index in [2.05, 4.69) is 39.0 Å². The summed E-state index contributed by atoms with van der Waals surface area (Å²) in [6, 6.07) is 20.7. The van der Waals surface area contributed by atoms with E-state index in [1.165, 1.54) is 23.3 Å². The van der Waals surface area contributed by atoms with Crippen LogP contribution < -0.4 is 24.8 Å². The number of urea groups is 1. The third-order valence-electron chi connectivity index (χ3n) is 13.9. The van der Waals surface area contributed by atoms with Crippen LogP contribution in [-0.2, 0) is 56.4 Å². The topological polar surface area (TPSA) is 200 Å². The summed E-state index contributed by atoms with van der Waals surface area (Å²) in [5.74, 6) is 1.27. The number of Topliss-reactive ketones (excluding diaryl/α,β-unsaturated/α-hetero) is 1. The molecule has 6 rings (SSSR count). The number of fused-ring (bicyclic) bond motifs is 2. The fourth-order valence-corrected chi connectivity index (χ4v) is 12.5. The number of carbonyl (C=O) groups is 2. The largest absolute Gasteiger partial charge is 0.484 e. The second-order valence-corrected chi connectivity index (χ2v) is 25.0. The molecular formula is C57H79Cl2N5O12S2. The van der Waals surface area contributed by atoms with Crippen molar-refractivity contribution >= 4 is 54.9 Å². The van der Waals surface area contributed by atoms with Gasteiger partial charge in [0.15, 0.2) is 9.84 Å². The van der Waals surface area contributed by atoms with Gasteiger partial charge in [-0.05, 0) is 187 Å². The summed E-state index contributed by atoms with van der Waals surface area (Å²) in [6.45, 7) is 7.41. The van der Waals surface area contributed by atoms with Crippen LogP contribution >= 0.6 is 23.2 Å². The Bertz CT molecular complexity index is 2600. The lowest BCUT2D eigenvalue weighted by Crippen LogP contribution is -2.37. The van der Waals surface area contributed by atoms with Gasteiger partial charge in [0.1, 0.15) is 29.5 Å². The highest BCUT2D eigenvalue weighted by Gasteiger charge is 2.38. The molecule has 0 unspecified atom stereocenters. The van der Waals surface area contributed by atoms with E-state index < -0.39 is 19.9 Å². The van der Waals surface area contributed by atoms with E-state index >= 15 is 0 Å². The van der Waals surface area contributed by atoms with Crippen LogP contribution in [0.5, 0.6) is 11.5 Å². The highest BCUT2D eigenvalue weighted by molar-refractivity contribution is 7.91. The van der Waals surface area contributed by atoms with Crippen molar-refractivity contribution in [1.29, 1.82) is 0 Å². The number of sulfonamides is 1. The normalized spacial score (nSPS) is 17.1. The number of rotatable bonds is 35. The minimum Gasteiger partial charge on any atom is -0.484 e. The number of hydrogen-bond acceptors (Lipinski definition) is 14. The highest BCUT2D eigenvalue weighted by Crippen LogP contribution is 2.42. The Labute approximate surface area is 472 Å². The minimum atomic E-state index is -3.75. The number of unbranched alkanes of at least 4 members (excludes halogenated alkanes) is 2. The number of halogens is 2. The molecule has 0 radical (unpaired) electrons. The number of likely N-dealkylation sites (N-methyl/N-ethyl adjacent to an activating group) is 2. The number of nitrogens with zero attached hydrogens (tertiary/aromatic N) is 2. The van der Waals surface area contributed by atoms with Gasteiger partial charge in [0.25, 0.3) is 0 Å². The summed E-state index contributed by atoms with van der Waals surface area (Å²) in [5, 5.41) is 6.88. The number of benzene rings is 4. The number of ether oxygens (including phenoxy) is 6. The van der Waals surface area contributed by atoms with Crippen molar-refractivity contribution in [2.24, 2.45) is 0 Å². The van der Waals surface area contributed by atoms with E-state index in [0.717, 1.165) is 54.4 Å². The zero-order chi connectivity index (χ0) is 56.2. The van der Waals surface area contributed by atoms with Gasteiger partial charge in [0, 0.05) is 55.7 Å². The molecule has 2 aliphatic carbocycles. The van der Waals surface area contributed by atoms with Crippen molar-refractivity contribution in [3.05, 3.63) is 116 Å². The van der Waals surface area contributed by atoms with Crippen LogP contribution in [0.1, 0.15) is 90.5 Å². The monoisotopic (exact) mass is 1160 g/mol. The Hall–Kier alpha value is -4.38. The van der Waals surface area contributed by atoms with E-state index in [4.69, 9.17) is 51.6 Å². The van der Waals surface area contributed by atoms with Crippen LogP contribution in [0.4, 0.5) is 4.79 Å². The van der Waals surface area contributed by atoms with Crippen LogP contribution in [0.2, 0.25) is 10.0 Å². The second-order valence-electron chi connectivity index (χ2n) is 20.2. The molecule has 0 fully saturated rings. The molecule has 0 saturated heterocycles. The van der Waals surface area contributed by atoms with E-state index in [1.807, 2.05) is 52.5 Å². The molecule has 17 nitrogen and oxygen atoms in total. The van der Waals surface area contributed by atoms with Gasteiger partial charge in [0.05, 0.1) is 67.3 Å². The van der Waals surface area contributed by atoms with E-state index in [-0.39, 0.29) is 71.4 Å². The maximum absolute atomic E-state index is 13.0. The van der Waals surface area contributed by atoms with Crippen LogP contribution in [-0.4, -0.2) is 157 Å². The van der Waals surface area contributed by atoms with Crippen molar-refractivity contribution in [3.8, 4) is 11.5 Å². The van der Waals surface area contributed by atoms with Gasteiger partial charge in [-0.1, -0.05) is 29.6 Å². The lowest BCUT2D eigenvalue weighted by molar-refractivity contribution is -0.119. The fourth-order valence-electron chi connectivity index (χ4n) is 9.68. The van der Waals surface area contributed by atoms with Crippen molar-refractivity contribution in [1.82, 2.24) is 25.2 Å². The molecule has 0 bridgehead atoms. The first-order chi connectivity index (χ1) is 37.3. The molecule has 21 heteroatoms. The van der Waals surface area contributed by atoms with Gasteiger partial charge in [-0.15, -0.1) is 0 Å².